The molecule has 1 N–H and O–H groups in total. The first kappa shape index (κ1) is 14.2. The molecule has 1 heterocycles. The van der Waals surface area contributed by atoms with E-state index >= 15 is 0 Å². The molecule has 0 radical (unpaired) electrons. The standard InChI is InChI=1S/C10H16ClN3O2S/c1-4-14-10(15)9(11)8(6-13-14)12-5-7(2)17(3)16/h6-7,12H,4-5H2,1-3H3. The summed E-state index contributed by atoms with van der Waals surface area (Å²) in [7, 11) is -0.911. The van der Waals surface area contributed by atoms with E-state index in [4.69, 9.17) is 11.6 Å². The number of aryl methyl sites for hydroxylation is 1. The smallest absolute Gasteiger partial charge is 0.287 e. The van der Waals surface area contributed by atoms with Crippen LogP contribution in [0.25, 0.3) is 0 Å². The maximum absolute atomic E-state index is 11.7. The molecule has 0 amide bonds. The number of hydrogen-bond acceptors (Lipinski definition) is 4. The van der Waals surface area contributed by atoms with Gasteiger partial charge < -0.3 is 5.32 Å². The quantitative estimate of drug-likeness (QED) is 0.875. The highest BCUT2D eigenvalue weighted by atomic mass is 35.5. The van der Waals surface area contributed by atoms with E-state index in [-0.39, 0.29) is 15.8 Å². The molecule has 7 heteroatoms. The zero-order valence-electron chi connectivity index (χ0n) is 10.1. The van der Waals surface area contributed by atoms with Gasteiger partial charge in [-0.3, -0.25) is 9.00 Å². The number of rotatable bonds is 5. The van der Waals surface area contributed by atoms with E-state index in [9.17, 15) is 9.00 Å². The predicted octanol–water partition coefficient (Wildman–Crippen LogP) is 1.10. The van der Waals surface area contributed by atoms with Gasteiger partial charge in [-0.1, -0.05) is 11.6 Å². The summed E-state index contributed by atoms with van der Waals surface area (Å²) in [6.07, 6.45) is 3.15. The third-order valence-corrected chi connectivity index (χ3v) is 4.10. The van der Waals surface area contributed by atoms with Crippen molar-refractivity contribution >= 4 is 28.1 Å². The van der Waals surface area contributed by atoms with E-state index in [1.807, 2.05) is 13.8 Å². The Morgan fingerprint density at radius 1 is 1.65 bits per heavy atom. The zero-order chi connectivity index (χ0) is 13.0. The van der Waals surface area contributed by atoms with Crippen LogP contribution in [0.2, 0.25) is 5.02 Å². The van der Waals surface area contributed by atoms with Crippen LogP contribution in [-0.2, 0) is 17.3 Å². The molecular formula is C10H16ClN3O2S. The van der Waals surface area contributed by atoms with Crippen LogP contribution < -0.4 is 10.9 Å². The summed E-state index contributed by atoms with van der Waals surface area (Å²) in [6.45, 7) is 4.64. The molecule has 96 valence electrons. The molecule has 1 aromatic rings. The van der Waals surface area contributed by atoms with E-state index in [1.54, 1.807) is 6.26 Å². The first-order valence-electron chi connectivity index (χ1n) is 5.29. The van der Waals surface area contributed by atoms with E-state index in [1.165, 1.54) is 10.9 Å². The van der Waals surface area contributed by atoms with Crippen LogP contribution in [0.1, 0.15) is 13.8 Å². The lowest BCUT2D eigenvalue weighted by molar-refractivity contribution is 0.616. The Labute approximate surface area is 108 Å². The SMILES string of the molecule is CCn1ncc(NCC(C)S(C)=O)c(Cl)c1=O. The first-order chi connectivity index (χ1) is 7.97. The second kappa shape index (κ2) is 6.16. The van der Waals surface area contributed by atoms with Gasteiger partial charge in [-0.15, -0.1) is 0 Å². The highest BCUT2D eigenvalue weighted by molar-refractivity contribution is 7.84. The van der Waals surface area contributed by atoms with Crippen LogP contribution in [0.5, 0.6) is 0 Å². The van der Waals surface area contributed by atoms with Crippen molar-refractivity contribution in [2.75, 3.05) is 18.1 Å². The van der Waals surface area contributed by atoms with E-state index in [0.29, 0.717) is 18.8 Å². The molecule has 0 fully saturated rings. The van der Waals surface area contributed by atoms with Crippen LogP contribution in [0, 0.1) is 0 Å². The molecule has 1 aromatic heterocycles. The first-order valence-corrected chi connectivity index (χ1v) is 7.29. The Bertz CT molecular complexity index is 475. The number of nitrogens with one attached hydrogen (secondary N) is 1. The van der Waals surface area contributed by atoms with Gasteiger partial charge in [0.15, 0.2) is 0 Å². The van der Waals surface area contributed by atoms with Crippen LogP contribution in [0.3, 0.4) is 0 Å². The third kappa shape index (κ3) is 3.54. The molecule has 0 aromatic carbocycles. The zero-order valence-corrected chi connectivity index (χ0v) is 11.6. The van der Waals surface area contributed by atoms with Gasteiger partial charge in [0.25, 0.3) is 5.56 Å². The second-order valence-electron chi connectivity index (χ2n) is 3.68. The number of hydrogen-bond donors (Lipinski definition) is 1. The monoisotopic (exact) mass is 277 g/mol. The number of nitrogens with zero attached hydrogens (tertiary/aromatic N) is 2. The van der Waals surface area contributed by atoms with Crippen molar-refractivity contribution in [3.05, 3.63) is 21.6 Å². The van der Waals surface area contributed by atoms with Crippen LogP contribution in [-0.4, -0.2) is 32.0 Å². The average molecular weight is 278 g/mol. The maximum atomic E-state index is 11.7. The van der Waals surface area contributed by atoms with E-state index < -0.39 is 10.8 Å². The molecule has 0 aliphatic rings. The lowest BCUT2D eigenvalue weighted by Crippen LogP contribution is -2.26. The van der Waals surface area contributed by atoms with E-state index in [0.717, 1.165) is 0 Å². The molecule has 0 saturated heterocycles. The summed E-state index contributed by atoms with van der Waals surface area (Å²) in [5.74, 6) is 0. The molecule has 5 nitrogen and oxygen atoms in total. The summed E-state index contributed by atoms with van der Waals surface area (Å²) >= 11 is 5.93. The minimum absolute atomic E-state index is 0.0142. The molecule has 0 saturated carbocycles. The largest absolute Gasteiger partial charge is 0.381 e. The summed E-state index contributed by atoms with van der Waals surface area (Å²) in [5.41, 5.74) is 0.170. The summed E-state index contributed by atoms with van der Waals surface area (Å²) in [4.78, 5) is 11.7. The molecular weight excluding hydrogens is 262 g/mol. The predicted molar refractivity (Wildman–Crippen MR) is 71.2 cm³/mol. The van der Waals surface area contributed by atoms with Crippen molar-refractivity contribution in [2.24, 2.45) is 0 Å². The number of aromatic nitrogens is 2. The molecule has 2 atom stereocenters. The van der Waals surface area contributed by atoms with Crippen molar-refractivity contribution in [3.8, 4) is 0 Å². The highest BCUT2D eigenvalue weighted by Crippen LogP contribution is 2.15. The van der Waals surface area contributed by atoms with Gasteiger partial charge in [-0.2, -0.15) is 5.10 Å². The Morgan fingerprint density at radius 3 is 2.82 bits per heavy atom. The molecule has 0 spiro atoms. The van der Waals surface area contributed by atoms with Crippen molar-refractivity contribution in [1.29, 1.82) is 0 Å². The van der Waals surface area contributed by atoms with Crippen LogP contribution in [0.4, 0.5) is 5.69 Å². The van der Waals surface area contributed by atoms with Crippen molar-refractivity contribution in [1.82, 2.24) is 9.78 Å². The van der Waals surface area contributed by atoms with Gasteiger partial charge in [0.05, 0.1) is 11.9 Å². The molecule has 1 rings (SSSR count). The van der Waals surface area contributed by atoms with Crippen LogP contribution >= 0.6 is 11.6 Å². The minimum atomic E-state index is -0.911. The molecule has 0 bridgehead atoms. The van der Waals surface area contributed by atoms with Crippen molar-refractivity contribution < 1.29 is 4.21 Å². The normalized spacial score (nSPS) is 14.4. The van der Waals surface area contributed by atoms with Gasteiger partial charge in [-0.25, -0.2) is 4.68 Å². The second-order valence-corrected chi connectivity index (χ2v) is 5.86. The molecule has 0 aliphatic carbocycles. The lowest BCUT2D eigenvalue weighted by Gasteiger charge is -2.12. The minimum Gasteiger partial charge on any atom is -0.381 e. The maximum Gasteiger partial charge on any atom is 0.287 e. The third-order valence-electron chi connectivity index (χ3n) is 2.43. The molecule has 2 unspecified atom stereocenters. The topological polar surface area (TPSA) is 64.0 Å². The Hall–Kier alpha value is -0.880. The molecule has 17 heavy (non-hydrogen) atoms. The summed E-state index contributed by atoms with van der Waals surface area (Å²) in [5, 5.41) is 7.05. The average Bonchev–Trinajstić information content (AvgIpc) is 2.30. The van der Waals surface area contributed by atoms with E-state index in [2.05, 4.69) is 10.4 Å². The fourth-order valence-corrected chi connectivity index (χ4v) is 1.72. The Balaban J connectivity index is 2.83. The fraction of sp³-hybridized carbons (Fsp3) is 0.600. The van der Waals surface area contributed by atoms with Gasteiger partial charge in [0.2, 0.25) is 0 Å². The van der Waals surface area contributed by atoms with Gasteiger partial charge >= 0.3 is 0 Å². The van der Waals surface area contributed by atoms with Gasteiger partial charge in [-0.05, 0) is 13.8 Å². The lowest BCUT2D eigenvalue weighted by atomic mass is 10.4. The Kier molecular flexibility index (Phi) is 5.14. The summed E-state index contributed by atoms with van der Waals surface area (Å²) < 4.78 is 12.5. The highest BCUT2D eigenvalue weighted by Gasteiger charge is 2.10. The number of anilines is 1. The fourth-order valence-electron chi connectivity index (χ4n) is 1.18. The Morgan fingerprint density at radius 2 is 2.29 bits per heavy atom. The van der Waals surface area contributed by atoms with Crippen LogP contribution in [0.15, 0.2) is 11.0 Å². The van der Waals surface area contributed by atoms with Crippen molar-refractivity contribution in [2.45, 2.75) is 25.6 Å². The summed E-state index contributed by atoms with van der Waals surface area (Å²) in [6, 6.07) is 0. The van der Waals surface area contributed by atoms with Gasteiger partial charge in [0, 0.05) is 35.4 Å². The van der Waals surface area contributed by atoms with Gasteiger partial charge in [0.1, 0.15) is 5.02 Å². The molecule has 0 aliphatic heterocycles. The van der Waals surface area contributed by atoms with Crippen molar-refractivity contribution in [3.63, 3.8) is 0 Å². The number of halogens is 1.